The van der Waals surface area contributed by atoms with Gasteiger partial charge in [-0.3, -0.25) is 9.59 Å². The molecule has 1 heterocycles. The van der Waals surface area contributed by atoms with Crippen molar-refractivity contribution in [3.8, 4) is 11.5 Å². The number of pyridine rings is 1. The first-order valence-corrected chi connectivity index (χ1v) is 10.6. The minimum absolute atomic E-state index is 0.000329. The van der Waals surface area contributed by atoms with Gasteiger partial charge in [-0.15, -0.1) is 0 Å². The summed E-state index contributed by atoms with van der Waals surface area (Å²) in [6, 6.07) is 3.98. The molecule has 1 atom stereocenters. The fourth-order valence-corrected chi connectivity index (χ4v) is 3.58. The molecular formula is C21H19Cl2F2NO7. The summed E-state index contributed by atoms with van der Waals surface area (Å²) in [4.78, 5) is 23.0. The maximum absolute atomic E-state index is 12.8. The molecule has 1 aromatic carbocycles. The summed E-state index contributed by atoms with van der Waals surface area (Å²) in [6.45, 7) is -2.78. The molecule has 0 saturated heterocycles. The van der Waals surface area contributed by atoms with Gasteiger partial charge in [0.1, 0.15) is 22.6 Å². The summed E-state index contributed by atoms with van der Waals surface area (Å²) in [5.74, 6) is -2.30. The predicted molar refractivity (Wildman–Crippen MR) is 112 cm³/mol. The maximum atomic E-state index is 12.8. The van der Waals surface area contributed by atoms with Crippen molar-refractivity contribution < 1.29 is 42.4 Å². The highest BCUT2D eigenvalue weighted by Crippen LogP contribution is 2.37. The van der Waals surface area contributed by atoms with Crippen molar-refractivity contribution in [1.82, 2.24) is 0 Å². The number of carboxylic acid groups (broad SMARTS) is 1. The number of rotatable bonds is 11. The Bertz CT molecular complexity index is 1010. The van der Waals surface area contributed by atoms with E-state index in [2.05, 4.69) is 4.74 Å². The Morgan fingerprint density at radius 3 is 2.42 bits per heavy atom. The Balaban J connectivity index is 1.94. The van der Waals surface area contributed by atoms with Gasteiger partial charge < -0.3 is 24.5 Å². The largest absolute Gasteiger partial charge is 0.619 e. The Kier molecular flexibility index (Phi) is 8.15. The molecule has 1 saturated carbocycles. The molecule has 12 heteroatoms. The van der Waals surface area contributed by atoms with Crippen molar-refractivity contribution in [3.05, 3.63) is 57.0 Å². The van der Waals surface area contributed by atoms with Crippen LogP contribution in [0.15, 0.2) is 30.6 Å². The lowest BCUT2D eigenvalue weighted by atomic mass is 10.0. The molecule has 1 aliphatic carbocycles. The Labute approximate surface area is 197 Å². The van der Waals surface area contributed by atoms with Crippen LogP contribution in [0.4, 0.5) is 8.78 Å². The minimum atomic E-state index is -3.08. The van der Waals surface area contributed by atoms with Gasteiger partial charge in [0.15, 0.2) is 23.9 Å². The first-order valence-electron chi connectivity index (χ1n) is 9.82. The molecule has 2 aromatic rings. The van der Waals surface area contributed by atoms with Gasteiger partial charge in [-0.1, -0.05) is 29.3 Å². The summed E-state index contributed by atoms with van der Waals surface area (Å²) in [5, 5.41) is 20.4. The number of halogens is 4. The number of alkyl halides is 2. The lowest BCUT2D eigenvalue weighted by molar-refractivity contribution is -0.605. The third-order valence-corrected chi connectivity index (χ3v) is 5.40. The monoisotopic (exact) mass is 505 g/mol. The number of carbonyl (C=O) groups is 2. The van der Waals surface area contributed by atoms with E-state index in [1.165, 1.54) is 18.2 Å². The second-order valence-corrected chi connectivity index (χ2v) is 8.20. The van der Waals surface area contributed by atoms with E-state index >= 15 is 0 Å². The first kappa shape index (κ1) is 24.8. The van der Waals surface area contributed by atoms with Gasteiger partial charge >= 0.3 is 18.6 Å². The van der Waals surface area contributed by atoms with Crippen LogP contribution in [-0.4, -0.2) is 30.3 Å². The van der Waals surface area contributed by atoms with Gasteiger partial charge in [-0.25, -0.2) is 0 Å². The molecule has 3 rings (SSSR count). The quantitative estimate of drug-likeness (QED) is 0.209. The van der Waals surface area contributed by atoms with Crippen molar-refractivity contribution in [2.45, 2.75) is 38.4 Å². The number of carboxylic acids is 1. The average molecular weight is 506 g/mol. The number of aliphatic carboxylic acids is 1. The van der Waals surface area contributed by atoms with E-state index in [1.54, 1.807) is 0 Å². The topological polar surface area (TPSA) is 109 Å². The molecule has 0 spiro atoms. The number of ether oxygens (including phenoxy) is 3. The van der Waals surface area contributed by atoms with Gasteiger partial charge in [-0.2, -0.15) is 13.5 Å². The number of esters is 1. The number of hydrogen-bond donors (Lipinski definition) is 1. The predicted octanol–water partition coefficient (Wildman–Crippen LogP) is 4.32. The summed E-state index contributed by atoms with van der Waals surface area (Å²) in [5.41, 5.74) is 0.569. The zero-order valence-electron chi connectivity index (χ0n) is 17.0. The number of benzene rings is 1. The molecule has 178 valence electrons. The fourth-order valence-electron chi connectivity index (χ4n) is 2.99. The zero-order valence-corrected chi connectivity index (χ0v) is 18.5. The Hall–Kier alpha value is -2.85. The molecular weight excluding hydrogens is 487 g/mol. The molecule has 0 aliphatic heterocycles. The lowest BCUT2D eigenvalue weighted by Gasteiger charge is -2.21. The minimum Gasteiger partial charge on any atom is -0.619 e. The van der Waals surface area contributed by atoms with Crippen LogP contribution in [0, 0.1) is 11.1 Å². The van der Waals surface area contributed by atoms with Crippen molar-refractivity contribution in [3.63, 3.8) is 0 Å². The Morgan fingerprint density at radius 2 is 1.85 bits per heavy atom. The lowest BCUT2D eigenvalue weighted by Crippen LogP contribution is -2.25. The van der Waals surface area contributed by atoms with Crippen LogP contribution in [0.2, 0.25) is 10.0 Å². The second kappa shape index (κ2) is 10.8. The normalized spacial score (nSPS) is 14.1. The van der Waals surface area contributed by atoms with Gasteiger partial charge in [-0.05, 0) is 36.5 Å². The van der Waals surface area contributed by atoms with Crippen LogP contribution < -0.4 is 14.2 Å². The van der Waals surface area contributed by atoms with E-state index in [9.17, 15) is 23.6 Å². The van der Waals surface area contributed by atoms with Crippen LogP contribution in [-0.2, 0) is 20.7 Å². The molecule has 0 amide bonds. The summed E-state index contributed by atoms with van der Waals surface area (Å²) >= 11 is 12.2. The average Bonchev–Trinajstić information content (AvgIpc) is 3.52. The molecule has 1 unspecified atom stereocenters. The highest BCUT2D eigenvalue weighted by molar-refractivity contribution is 6.35. The molecule has 0 bridgehead atoms. The van der Waals surface area contributed by atoms with Gasteiger partial charge in [0.2, 0.25) is 0 Å². The van der Waals surface area contributed by atoms with E-state index in [-0.39, 0.29) is 33.5 Å². The van der Waals surface area contributed by atoms with E-state index in [0.717, 1.165) is 25.2 Å². The van der Waals surface area contributed by atoms with Crippen molar-refractivity contribution in [2.75, 3.05) is 6.61 Å². The van der Waals surface area contributed by atoms with Crippen LogP contribution >= 0.6 is 23.2 Å². The van der Waals surface area contributed by atoms with Crippen molar-refractivity contribution in [1.29, 1.82) is 0 Å². The van der Waals surface area contributed by atoms with Gasteiger partial charge in [0.25, 0.3) is 0 Å². The summed E-state index contributed by atoms with van der Waals surface area (Å²) in [7, 11) is 0. The smallest absolute Gasteiger partial charge is 0.387 e. The van der Waals surface area contributed by atoms with E-state index in [0.29, 0.717) is 22.8 Å². The van der Waals surface area contributed by atoms with Crippen LogP contribution in [0.25, 0.3) is 0 Å². The van der Waals surface area contributed by atoms with Gasteiger partial charge in [0.05, 0.1) is 6.61 Å². The molecule has 33 heavy (non-hydrogen) atoms. The number of nitrogens with zero attached hydrogens (tertiary/aromatic N) is 1. The highest BCUT2D eigenvalue weighted by Gasteiger charge is 2.26. The number of aromatic nitrogens is 1. The molecule has 1 fully saturated rings. The number of hydrogen-bond acceptors (Lipinski definition) is 6. The molecule has 8 nitrogen and oxygen atoms in total. The molecule has 1 aromatic heterocycles. The van der Waals surface area contributed by atoms with Crippen LogP contribution in [0.1, 0.15) is 36.5 Å². The summed E-state index contributed by atoms with van der Waals surface area (Å²) < 4.78 is 41.5. The third-order valence-electron chi connectivity index (χ3n) is 4.74. The van der Waals surface area contributed by atoms with Crippen molar-refractivity contribution in [2.24, 2.45) is 5.92 Å². The standard InChI is InChI=1S/C21H19Cl2F2NO7/c22-14-8-26(30)9-15(23)13(14)6-17(32-20(29)7-19(27)28)12-3-4-16(33-21(24)25)18(5-12)31-10-11-1-2-11/h3-5,8-9,11,17,21H,1-2,6-7,10H2,(H,27,28). The third kappa shape index (κ3) is 7.33. The van der Waals surface area contributed by atoms with E-state index < -0.39 is 31.1 Å². The first-order chi connectivity index (χ1) is 15.6. The van der Waals surface area contributed by atoms with E-state index in [4.69, 9.17) is 37.8 Å². The van der Waals surface area contributed by atoms with Crippen molar-refractivity contribution >= 4 is 35.1 Å². The number of carbonyl (C=O) groups excluding carboxylic acids is 1. The van der Waals surface area contributed by atoms with Gasteiger partial charge in [0, 0.05) is 12.0 Å². The summed E-state index contributed by atoms with van der Waals surface area (Å²) in [6.07, 6.45) is 1.91. The molecule has 1 N–H and O–H groups in total. The highest BCUT2D eigenvalue weighted by atomic mass is 35.5. The zero-order chi connectivity index (χ0) is 24.1. The molecule has 0 radical (unpaired) electrons. The van der Waals surface area contributed by atoms with E-state index in [1.807, 2.05) is 0 Å². The molecule has 1 aliphatic rings. The Morgan fingerprint density at radius 1 is 1.18 bits per heavy atom. The van der Waals surface area contributed by atoms with Crippen LogP contribution in [0.5, 0.6) is 11.5 Å². The van der Waals surface area contributed by atoms with Crippen LogP contribution in [0.3, 0.4) is 0 Å². The maximum Gasteiger partial charge on any atom is 0.387 e. The second-order valence-electron chi connectivity index (χ2n) is 7.38. The SMILES string of the molecule is O=C(O)CC(=O)OC(Cc1c(Cl)c[n+]([O-])cc1Cl)c1ccc(OC(F)F)c(OCC2CC2)c1. The fraction of sp³-hybridized carbons (Fsp3) is 0.381.